The molecule has 9 heavy (non-hydrogen) atoms. The molecule has 0 saturated carbocycles. The Labute approximate surface area is 68.7 Å². The summed E-state index contributed by atoms with van der Waals surface area (Å²) in [6.07, 6.45) is 2.63. The van der Waals surface area contributed by atoms with Crippen LogP contribution in [0.25, 0.3) is 0 Å². The van der Waals surface area contributed by atoms with E-state index in [1.54, 1.807) is 0 Å². The zero-order chi connectivity index (χ0) is 6.85. The summed E-state index contributed by atoms with van der Waals surface area (Å²) >= 11 is 2.38. The van der Waals surface area contributed by atoms with Crippen LogP contribution in [0, 0.1) is 0 Å². The van der Waals surface area contributed by atoms with E-state index in [0.717, 1.165) is 18.4 Å². The third-order valence-corrected chi connectivity index (χ3v) is 2.73. The summed E-state index contributed by atoms with van der Waals surface area (Å²) in [6, 6.07) is 0. The van der Waals surface area contributed by atoms with Crippen LogP contribution in [0.15, 0.2) is 11.4 Å². The summed E-state index contributed by atoms with van der Waals surface area (Å²) in [5.41, 5.74) is 0.959. The van der Waals surface area contributed by atoms with Crippen molar-refractivity contribution in [2.45, 2.75) is 30.1 Å². The van der Waals surface area contributed by atoms with Gasteiger partial charge in [-0.05, 0) is 25.3 Å². The van der Waals surface area contributed by atoms with Crippen molar-refractivity contribution in [3.63, 3.8) is 0 Å². The Morgan fingerprint density at radius 1 is 1.67 bits per heavy atom. The SMILES string of the molecule is CC1=C(F)CCC(I)C1. The molecule has 0 spiro atoms. The highest BCUT2D eigenvalue weighted by molar-refractivity contribution is 14.1. The highest BCUT2D eigenvalue weighted by Crippen LogP contribution is 2.29. The Kier molecular flexibility index (Phi) is 2.50. The van der Waals surface area contributed by atoms with Gasteiger partial charge in [-0.2, -0.15) is 0 Å². The Hall–Kier alpha value is 0.400. The minimum atomic E-state index is 0.128. The molecule has 0 heterocycles. The average molecular weight is 240 g/mol. The van der Waals surface area contributed by atoms with Crippen molar-refractivity contribution in [1.29, 1.82) is 0 Å². The first-order valence-corrected chi connectivity index (χ1v) is 4.43. The van der Waals surface area contributed by atoms with Gasteiger partial charge < -0.3 is 0 Å². The monoisotopic (exact) mass is 240 g/mol. The van der Waals surface area contributed by atoms with Gasteiger partial charge in [-0.25, -0.2) is 4.39 Å². The second-order valence-electron chi connectivity index (χ2n) is 2.53. The van der Waals surface area contributed by atoms with E-state index in [0.29, 0.717) is 10.3 Å². The molecule has 0 nitrogen and oxygen atoms in total. The van der Waals surface area contributed by atoms with Crippen molar-refractivity contribution in [2.75, 3.05) is 0 Å². The first kappa shape index (κ1) is 7.51. The minimum Gasteiger partial charge on any atom is -0.212 e. The van der Waals surface area contributed by atoms with Gasteiger partial charge in [-0.1, -0.05) is 22.6 Å². The predicted molar refractivity (Wildman–Crippen MR) is 45.5 cm³/mol. The van der Waals surface area contributed by atoms with Gasteiger partial charge in [0.15, 0.2) is 0 Å². The van der Waals surface area contributed by atoms with Crippen molar-refractivity contribution in [1.82, 2.24) is 0 Å². The predicted octanol–water partition coefficient (Wildman–Crippen LogP) is 3.22. The van der Waals surface area contributed by atoms with Crippen LogP contribution < -0.4 is 0 Å². The molecule has 0 aliphatic heterocycles. The molecular formula is C7H10FI. The van der Waals surface area contributed by atoms with Crippen molar-refractivity contribution < 1.29 is 4.39 Å². The quantitative estimate of drug-likeness (QED) is 0.450. The molecule has 1 atom stereocenters. The Balaban J connectivity index is 2.61. The van der Waals surface area contributed by atoms with Gasteiger partial charge >= 0.3 is 0 Å². The molecule has 1 aliphatic carbocycles. The lowest BCUT2D eigenvalue weighted by molar-refractivity contribution is 0.527. The van der Waals surface area contributed by atoms with Crippen LogP contribution >= 0.6 is 22.6 Å². The summed E-state index contributed by atoms with van der Waals surface area (Å²) in [5.74, 6) is 0.128. The van der Waals surface area contributed by atoms with Gasteiger partial charge in [0, 0.05) is 10.3 Å². The summed E-state index contributed by atoms with van der Waals surface area (Å²) in [7, 11) is 0. The second-order valence-corrected chi connectivity index (χ2v) is 4.29. The molecule has 2 heteroatoms. The van der Waals surface area contributed by atoms with E-state index >= 15 is 0 Å². The molecule has 0 aromatic rings. The number of allylic oxidation sites excluding steroid dienone is 2. The third-order valence-electron chi connectivity index (χ3n) is 1.67. The van der Waals surface area contributed by atoms with Crippen molar-refractivity contribution >= 4 is 22.6 Å². The summed E-state index contributed by atoms with van der Waals surface area (Å²) in [4.78, 5) is 0. The zero-order valence-corrected chi connectivity index (χ0v) is 7.61. The van der Waals surface area contributed by atoms with Crippen LogP contribution in [0.2, 0.25) is 0 Å². The highest BCUT2D eigenvalue weighted by atomic mass is 127. The zero-order valence-electron chi connectivity index (χ0n) is 5.45. The fourth-order valence-corrected chi connectivity index (χ4v) is 2.01. The van der Waals surface area contributed by atoms with Crippen LogP contribution in [0.5, 0.6) is 0 Å². The van der Waals surface area contributed by atoms with Crippen LogP contribution in [0.4, 0.5) is 4.39 Å². The van der Waals surface area contributed by atoms with Crippen LogP contribution in [0.1, 0.15) is 26.2 Å². The fraction of sp³-hybridized carbons (Fsp3) is 0.714. The topological polar surface area (TPSA) is 0 Å². The van der Waals surface area contributed by atoms with Gasteiger partial charge in [0.1, 0.15) is 0 Å². The van der Waals surface area contributed by atoms with E-state index in [4.69, 9.17) is 0 Å². The standard InChI is InChI=1S/C7H10FI/c1-5-4-6(9)2-3-7(5)8/h6H,2-4H2,1H3. The largest absolute Gasteiger partial charge is 0.212 e. The van der Waals surface area contributed by atoms with Crippen molar-refractivity contribution in [3.8, 4) is 0 Å². The molecule has 0 fully saturated rings. The maximum absolute atomic E-state index is 12.6. The number of rotatable bonds is 0. The Morgan fingerprint density at radius 2 is 2.33 bits per heavy atom. The lowest BCUT2D eigenvalue weighted by atomic mass is 10.00. The van der Waals surface area contributed by atoms with Crippen molar-refractivity contribution in [2.24, 2.45) is 0 Å². The Bertz CT molecular complexity index is 140. The van der Waals surface area contributed by atoms with Crippen LogP contribution in [0.3, 0.4) is 0 Å². The molecule has 0 saturated heterocycles. The van der Waals surface area contributed by atoms with Gasteiger partial charge in [-0.15, -0.1) is 0 Å². The Morgan fingerprint density at radius 3 is 2.78 bits per heavy atom. The van der Waals surface area contributed by atoms with Gasteiger partial charge in [0.2, 0.25) is 0 Å². The normalized spacial score (nSPS) is 29.0. The van der Waals surface area contributed by atoms with Crippen molar-refractivity contribution in [3.05, 3.63) is 11.4 Å². The molecule has 0 aromatic heterocycles. The van der Waals surface area contributed by atoms with E-state index in [1.807, 2.05) is 6.92 Å². The molecular weight excluding hydrogens is 230 g/mol. The third kappa shape index (κ3) is 1.92. The second kappa shape index (κ2) is 2.99. The number of hydrogen-bond acceptors (Lipinski definition) is 0. The van der Waals surface area contributed by atoms with E-state index in [2.05, 4.69) is 22.6 Å². The van der Waals surface area contributed by atoms with E-state index in [9.17, 15) is 4.39 Å². The number of hydrogen-bond donors (Lipinski definition) is 0. The van der Waals surface area contributed by atoms with Gasteiger partial charge in [0.05, 0.1) is 5.83 Å². The number of alkyl halides is 1. The minimum absolute atomic E-state index is 0.128. The molecule has 1 rings (SSSR count). The molecule has 0 bridgehead atoms. The molecule has 0 radical (unpaired) electrons. The summed E-state index contributed by atoms with van der Waals surface area (Å²) < 4.78 is 13.3. The average Bonchev–Trinajstić information content (AvgIpc) is 1.80. The van der Waals surface area contributed by atoms with Crippen LogP contribution in [-0.4, -0.2) is 3.92 Å². The highest BCUT2D eigenvalue weighted by Gasteiger charge is 2.15. The van der Waals surface area contributed by atoms with Gasteiger partial charge in [0.25, 0.3) is 0 Å². The molecule has 0 N–H and O–H groups in total. The maximum atomic E-state index is 12.6. The molecule has 0 amide bonds. The lowest BCUT2D eigenvalue weighted by Gasteiger charge is -2.16. The lowest BCUT2D eigenvalue weighted by Crippen LogP contribution is -2.05. The molecule has 0 aromatic carbocycles. The molecule has 1 aliphatic rings. The van der Waals surface area contributed by atoms with E-state index in [1.165, 1.54) is 0 Å². The van der Waals surface area contributed by atoms with Gasteiger partial charge in [-0.3, -0.25) is 0 Å². The molecule has 52 valence electrons. The first-order valence-electron chi connectivity index (χ1n) is 3.18. The van der Waals surface area contributed by atoms with E-state index in [-0.39, 0.29) is 5.83 Å². The number of halogens is 2. The summed E-state index contributed by atoms with van der Waals surface area (Å²) in [5, 5.41) is 0. The smallest absolute Gasteiger partial charge is 0.0989 e. The van der Waals surface area contributed by atoms with E-state index < -0.39 is 0 Å². The first-order chi connectivity index (χ1) is 4.20. The van der Waals surface area contributed by atoms with Crippen LogP contribution in [-0.2, 0) is 0 Å². The fourth-order valence-electron chi connectivity index (χ4n) is 1.04. The summed E-state index contributed by atoms with van der Waals surface area (Å²) in [6.45, 7) is 1.89. The molecule has 1 unspecified atom stereocenters. The maximum Gasteiger partial charge on any atom is 0.0989 e.